The summed E-state index contributed by atoms with van der Waals surface area (Å²) in [6, 6.07) is 7.42. The van der Waals surface area contributed by atoms with Crippen molar-refractivity contribution in [1.29, 1.82) is 5.26 Å². The fraction of sp³-hybridized carbons (Fsp3) is 0.167. The molecule has 2 aromatic rings. The number of anilines is 1. The fourth-order valence-electron chi connectivity index (χ4n) is 1.30. The number of nitrogens with zero attached hydrogens (tertiary/aromatic N) is 1. The van der Waals surface area contributed by atoms with Crippen molar-refractivity contribution in [1.82, 2.24) is 0 Å². The van der Waals surface area contributed by atoms with Gasteiger partial charge in [-0.2, -0.15) is 5.26 Å². The zero-order valence-electron chi connectivity index (χ0n) is 9.38. The van der Waals surface area contributed by atoms with Crippen LogP contribution >= 0.6 is 23.1 Å². The Balaban J connectivity index is 1.77. The Morgan fingerprint density at radius 2 is 2.44 bits per heavy atom. The molecular formula is C12H10N2O2S2. The molecule has 0 aromatic carbocycles. The molecule has 2 heterocycles. The van der Waals surface area contributed by atoms with Crippen LogP contribution in [0.3, 0.4) is 0 Å². The van der Waals surface area contributed by atoms with Gasteiger partial charge in [0.15, 0.2) is 0 Å². The minimum atomic E-state index is -0.106. The van der Waals surface area contributed by atoms with Gasteiger partial charge < -0.3 is 9.73 Å². The van der Waals surface area contributed by atoms with Gasteiger partial charge in [-0.3, -0.25) is 4.79 Å². The quantitative estimate of drug-likeness (QED) is 0.912. The lowest BCUT2D eigenvalue weighted by molar-refractivity contribution is -0.113. The maximum absolute atomic E-state index is 11.6. The third kappa shape index (κ3) is 3.39. The van der Waals surface area contributed by atoms with E-state index < -0.39 is 0 Å². The molecule has 6 heteroatoms. The van der Waals surface area contributed by atoms with Crippen LogP contribution in [-0.4, -0.2) is 11.7 Å². The summed E-state index contributed by atoms with van der Waals surface area (Å²) in [6.45, 7) is 0. The van der Waals surface area contributed by atoms with E-state index in [0.29, 0.717) is 22.1 Å². The summed E-state index contributed by atoms with van der Waals surface area (Å²) in [5.74, 6) is 1.74. The lowest BCUT2D eigenvalue weighted by Crippen LogP contribution is -2.13. The minimum absolute atomic E-state index is 0.106. The maximum Gasteiger partial charge on any atom is 0.235 e. The van der Waals surface area contributed by atoms with Crippen LogP contribution in [0.5, 0.6) is 0 Å². The number of thioether (sulfide) groups is 1. The van der Waals surface area contributed by atoms with Crippen LogP contribution in [0.15, 0.2) is 34.3 Å². The molecular weight excluding hydrogens is 268 g/mol. The first-order valence-electron chi connectivity index (χ1n) is 5.17. The summed E-state index contributed by atoms with van der Waals surface area (Å²) in [6.07, 6.45) is 1.61. The molecule has 0 spiro atoms. The monoisotopic (exact) mass is 278 g/mol. The van der Waals surface area contributed by atoms with Crippen molar-refractivity contribution in [2.75, 3.05) is 11.1 Å². The predicted octanol–water partition coefficient (Wildman–Crippen LogP) is 3.08. The number of thiophene rings is 1. The number of hydrogen-bond donors (Lipinski definition) is 1. The zero-order valence-corrected chi connectivity index (χ0v) is 11.0. The number of nitrogens with one attached hydrogen (secondary N) is 1. The van der Waals surface area contributed by atoms with Crippen molar-refractivity contribution in [2.24, 2.45) is 0 Å². The lowest BCUT2D eigenvalue weighted by Gasteiger charge is -2.02. The molecule has 2 aromatic heterocycles. The minimum Gasteiger partial charge on any atom is -0.468 e. The molecule has 92 valence electrons. The number of carbonyl (C=O) groups is 1. The third-order valence-electron chi connectivity index (χ3n) is 2.10. The molecule has 1 N–H and O–H groups in total. The average Bonchev–Trinajstić information content (AvgIpc) is 3.00. The average molecular weight is 278 g/mol. The largest absolute Gasteiger partial charge is 0.468 e. The van der Waals surface area contributed by atoms with Crippen molar-refractivity contribution in [3.05, 3.63) is 41.2 Å². The van der Waals surface area contributed by atoms with Gasteiger partial charge in [0.1, 0.15) is 16.8 Å². The van der Waals surface area contributed by atoms with E-state index in [1.807, 2.05) is 18.2 Å². The highest BCUT2D eigenvalue weighted by atomic mass is 32.2. The summed E-state index contributed by atoms with van der Waals surface area (Å²) in [5, 5.41) is 13.9. The van der Waals surface area contributed by atoms with Gasteiger partial charge in [0.2, 0.25) is 5.91 Å². The first-order valence-corrected chi connectivity index (χ1v) is 7.20. The Bertz CT molecular complexity index is 555. The molecule has 1 amide bonds. The highest BCUT2D eigenvalue weighted by Crippen LogP contribution is 2.22. The molecule has 0 aliphatic heterocycles. The molecule has 2 rings (SSSR count). The molecule has 18 heavy (non-hydrogen) atoms. The fourth-order valence-corrected chi connectivity index (χ4v) is 2.77. The van der Waals surface area contributed by atoms with E-state index in [4.69, 9.17) is 9.68 Å². The second-order valence-corrected chi connectivity index (χ2v) is 5.30. The molecule has 0 bridgehead atoms. The topological polar surface area (TPSA) is 66.0 Å². The van der Waals surface area contributed by atoms with E-state index in [9.17, 15) is 4.79 Å². The molecule has 0 atom stereocenters. The van der Waals surface area contributed by atoms with Gasteiger partial charge in [0, 0.05) is 0 Å². The van der Waals surface area contributed by atoms with Crippen LogP contribution < -0.4 is 5.32 Å². The summed E-state index contributed by atoms with van der Waals surface area (Å²) in [5.41, 5.74) is 0.504. The van der Waals surface area contributed by atoms with E-state index in [2.05, 4.69) is 5.32 Å². The Morgan fingerprint density at radius 3 is 3.17 bits per heavy atom. The van der Waals surface area contributed by atoms with E-state index >= 15 is 0 Å². The summed E-state index contributed by atoms with van der Waals surface area (Å²) in [7, 11) is 0. The van der Waals surface area contributed by atoms with Crippen LogP contribution in [-0.2, 0) is 10.5 Å². The SMILES string of the molecule is N#Cc1ccsc1NC(=O)CSCc1ccco1. The lowest BCUT2D eigenvalue weighted by atomic mass is 10.3. The Labute approximate surface area is 113 Å². The zero-order chi connectivity index (χ0) is 12.8. The van der Waals surface area contributed by atoms with Crippen molar-refractivity contribution in [2.45, 2.75) is 5.75 Å². The molecule has 0 saturated carbocycles. The predicted molar refractivity (Wildman–Crippen MR) is 72.5 cm³/mol. The van der Waals surface area contributed by atoms with E-state index in [-0.39, 0.29) is 5.91 Å². The van der Waals surface area contributed by atoms with E-state index in [1.54, 1.807) is 17.7 Å². The number of nitriles is 1. The third-order valence-corrected chi connectivity index (χ3v) is 3.88. The van der Waals surface area contributed by atoms with Crippen molar-refractivity contribution < 1.29 is 9.21 Å². The van der Waals surface area contributed by atoms with Gasteiger partial charge in [0.05, 0.1) is 23.3 Å². The molecule has 0 saturated heterocycles. The molecule has 0 radical (unpaired) electrons. The second kappa shape index (κ2) is 6.28. The van der Waals surface area contributed by atoms with Crippen LogP contribution in [0.2, 0.25) is 0 Å². The smallest absolute Gasteiger partial charge is 0.235 e. The number of furan rings is 1. The van der Waals surface area contributed by atoms with Crippen LogP contribution in [0.1, 0.15) is 11.3 Å². The number of carbonyl (C=O) groups excluding carboxylic acids is 1. The Hall–Kier alpha value is -1.71. The number of rotatable bonds is 5. The standard InChI is InChI=1S/C12H10N2O2S2/c13-6-9-3-5-18-12(9)14-11(15)8-17-7-10-2-1-4-16-10/h1-5H,7-8H2,(H,14,15). The summed E-state index contributed by atoms with van der Waals surface area (Å²) in [4.78, 5) is 11.6. The van der Waals surface area contributed by atoms with Crippen LogP contribution in [0, 0.1) is 11.3 Å². The first kappa shape index (κ1) is 12.7. The van der Waals surface area contributed by atoms with Gasteiger partial charge >= 0.3 is 0 Å². The van der Waals surface area contributed by atoms with Crippen molar-refractivity contribution in [3.8, 4) is 6.07 Å². The van der Waals surface area contributed by atoms with Crippen molar-refractivity contribution >= 4 is 34.0 Å². The molecule has 0 aliphatic rings. The Morgan fingerprint density at radius 1 is 1.56 bits per heavy atom. The second-order valence-electron chi connectivity index (χ2n) is 3.40. The van der Waals surface area contributed by atoms with E-state index in [1.165, 1.54) is 23.1 Å². The molecule has 0 unspecified atom stereocenters. The van der Waals surface area contributed by atoms with E-state index in [0.717, 1.165) is 5.76 Å². The van der Waals surface area contributed by atoms with Gasteiger partial charge in [-0.1, -0.05) is 0 Å². The highest BCUT2D eigenvalue weighted by molar-refractivity contribution is 7.99. The summed E-state index contributed by atoms with van der Waals surface area (Å²) >= 11 is 2.82. The van der Waals surface area contributed by atoms with Crippen LogP contribution in [0.25, 0.3) is 0 Å². The number of amides is 1. The van der Waals surface area contributed by atoms with Gasteiger partial charge in [0.25, 0.3) is 0 Å². The van der Waals surface area contributed by atoms with Gasteiger partial charge in [-0.15, -0.1) is 23.1 Å². The van der Waals surface area contributed by atoms with Gasteiger partial charge in [-0.05, 0) is 23.6 Å². The van der Waals surface area contributed by atoms with Gasteiger partial charge in [-0.25, -0.2) is 0 Å². The highest BCUT2D eigenvalue weighted by Gasteiger charge is 2.08. The molecule has 0 fully saturated rings. The summed E-state index contributed by atoms with van der Waals surface area (Å²) < 4.78 is 5.16. The van der Waals surface area contributed by atoms with Crippen molar-refractivity contribution in [3.63, 3.8) is 0 Å². The van der Waals surface area contributed by atoms with Crippen LogP contribution in [0.4, 0.5) is 5.00 Å². The Kier molecular flexibility index (Phi) is 4.45. The normalized spacial score (nSPS) is 9.94. The number of hydrogen-bond acceptors (Lipinski definition) is 5. The molecule has 0 aliphatic carbocycles. The maximum atomic E-state index is 11.6. The first-order chi connectivity index (χ1) is 8.79. The molecule has 4 nitrogen and oxygen atoms in total.